The van der Waals surface area contributed by atoms with E-state index in [0.29, 0.717) is 0 Å². The SMILES string of the molecule is C/C=C\C=C(C)C.C1=CCCC(N(c2cccc(-c3ccc4c(c3)oc3c5cc6c7cccc8c9ccccc9n(c6cc5ccc43)c87)c2)c2ccc3ccccc3c2)=C1.CC.CC. The summed E-state index contributed by atoms with van der Waals surface area (Å²) in [7, 11) is 0. The molecule has 0 aliphatic heterocycles. The van der Waals surface area contributed by atoms with Crippen molar-refractivity contribution in [3.05, 3.63) is 199 Å². The van der Waals surface area contributed by atoms with Crippen LogP contribution in [0.3, 0.4) is 0 Å². The Morgan fingerprint density at radius 3 is 2.05 bits per heavy atom. The van der Waals surface area contributed by atoms with Crippen LogP contribution in [0.25, 0.3) is 92.7 Å². The molecular formula is C61H56N2O. The lowest BCUT2D eigenvalue weighted by Crippen LogP contribution is -2.17. The van der Waals surface area contributed by atoms with Gasteiger partial charge in [0.05, 0.1) is 16.6 Å². The van der Waals surface area contributed by atoms with Gasteiger partial charge >= 0.3 is 0 Å². The molecule has 0 saturated carbocycles. The predicted octanol–water partition coefficient (Wildman–Crippen LogP) is 18.7. The van der Waals surface area contributed by atoms with Crippen molar-refractivity contribution in [2.75, 3.05) is 4.90 Å². The molecule has 12 rings (SSSR count). The first-order valence-corrected chi connectivity index (χ1v) is 23.0. The standard InChI is InChI=1S/C50H32N2O.C7H12.2C2H6/c1-2-13-36(14-3-1)51(38-23-20-31-10-4-5-11-32(31)26-38)37-15-8-12-33(27-37)34-21-24-40-43-25-22-35-28-47-45(30-44(35)50(43)53-48(40)29-34)42-18-9-17-41-39-16-6-7-19-46(39)52(47)49(41)42;1-4-5-6-7(2)3;2*1-2/h1-2,4-13,15-30H,3,14H2;4-6H,1-3H3;2*1-2H3/b;5-4-;;. The van der Waals surface area contributed by atoms with Crippen molar-refractivity contribution >= 4 is 93.0 Å². The Labute approximate surface area is 376 Å². The maximum Gasteiger partial charge on any atom is 0.143 e. The second-order valence-corrected chi connectivity index (χ2v) is 16.2. The molecule has 316 valence electrons. The van der Waals surface area contributed by atoms with Crippen molar-refractivity contribution in [3.8, 4) is 11.1 Å². The third kappa shape index (κ3) is 7.41. The minimum atomic E-state index is 0.904. The number of fused-ring (bicyclic) bond motifs is 12. The van der Waals surface area contributed by atoms with Crippen LogP contribution < -0.4 is 4.90 Å². The van der Waals surface area contributed by atoms with Gasteiger partial charge in [0.15, 0.2) is 0 Å². The Morgan fingerprint density at radius 2 is 1.27 bits per heavy atom. The zero-order chi connectivity index (χ0) is 44.3. The molecule has 0 radical (unpaired) electrons. The summed E-state index contributed by atoms with van der Waals surface area (Å²) in [6.07, 6.45) is 14.9. The first-order valence-electron chi connectivity index (χ1n) is 23.0. The molecule has 3 heterocycles. The number of anilines is 2. The van der Waals surface area contributed by atoms with E-state index in [0.717, 1.165) is 57.0 Å². The van der Waals surface area contributed by atoms with E-state index in [1.165, 1.54) is 71.2 Å². The molecule has 1 aliphatic rings. The minimum Gasteiger partial charge on any atom is -0.455 e. The van der Waals surface area contributed by atoms with Gasteiger partial charge in [0.1, 0.15) is 11.2 Å². The number of allylic oxidation sites excluding steroid dienone is 8. The summed E-state index contributed by atoms with van der Waals surface area (Å²) in [6, 6.07) is 55.6. The number of hydrogen-bond acceptors (Lipinski definition) is 2. The van der Waals surface area contributed by atoms with Crippen LogP contribution in [0.2, 0.25) is 0 Å². The summed E-state index contributed by atoms with van der Waals surface area (Å²) >= 11 is 0. The lowest BCUT2D eigenvalue weighted by Gasteiger charge is -2.29. The molecule has 3 heteroatoms. The number of benzene rings is 8. The quantitative estimate of drug-likeness (QED) is 0.161. The molecule has 0 N–H and O–H groups in total. The highest BCUT2D eigenvalue weighted by Crippen LogP contribution is 2.43. The fourth-order valence-corrected chi connectivity index (χ4v) is 9.35. The third-order valence-electron chi connectivity index (χ3n) is 12.1. The van der Waals surface area contributed by atoms with E-state index >= 15 is 0 Å². The molecule has 0 bridgehead atoms. The normalized spacial score (nSPS) is 12.5. The molecule has 0 atom stereocenters. The maximum atomic E-state index is 6.84. The molecular weight excluding hydrogens is 777 g/mol. The van der Waals surface area contributed by atoms with Gasteiger partial charge in [-0.2, -0.15) is 0 Å². The van der Waals surface area contributed by atoms with Crippen LogP contribution in [-0.2, 0) is 0 Å². The molecule has 1 aliphatic carbocycles. The molecule has 0 unspecified atom stereocenters. The Hall–Kier alpha value is -7.36. The number of furan rings is 1. The Bertz CT molecular complexity index is 3580. The molecule has 0 fully saturated rings. The zero-order valence-corrected chi connectivity index (χ0v) is 38.1. The van der Waals surface area contributed by atoms with Crippen LogP contribution in [0.5, 0.6) is 0 Å². The van der Waals surface area contributed by atoms with Crippen LogP contribution >= 0.6 is 0 Å². The van der Waals surface area contributed by atoms with Crippen LogP contribution in [-0.4, -0.2) is 4.40 Å². The molecule has 0 spiro atoms. The van der Waals surface area contributed by atoms with Crippen LogP contribution in [0.1, 0.15) is 61.3 Å². The van der Waals surface area contributed by atoms with E-state index in [-0.39, 0.29) is 0 Å². The summed E-state index contributed by atoms with van der Waals surface area (Å²) in [4.78, 5) is 2.42. The first kappa shape index (κ1) is 42.0. The van der Waals surface area contributed by atoms with Crippen molar-refractivity contribution < 1.29 is 4.42 Å². The number of aromatic nitrogens is 1. The molecule has 0 amide bonds. The van der Waals surface area contributed by atoms with Crippen molar-refractivity contribution in [1.29, 1.82) is 0 Å². The van der Waals surface area contributed by atoms with E-state index in [1.807, 2.05) is 46.8 Å². The van der Waals surface area contributed by atoms with Crippen molar-refractivity contribution in [3.63, 3.8) is 0 Å². The highest BCUT2D eigenvalue weighted by atomic mass is 16.3. The molecule has 64 heavy (non-hydrogen) atoms. The Kier molecular flexibility index (Phi) is 11.9. The van der Waals surface area contributed by atoms with Crippen LogP contribution in [0, 0.1) is 0 Å². The van der Waals surface area contributed by atoms with Gasteiger partial charge in [0.25, 0.3) is 0 Å². The van der Waals surface area contributed by atoms with Gasteiger partial charge in [-0.1, -0.05) is 155 Å². The van der Waals surface area contributed by atoms with E-state index in [2.05, 4.69) is 199 Å². The fraction of sp³-hybridized carbons (Fsp3) is 0.148. The summed E-state index contributed by atoms with van der Waals surface area (Å²) in [5, 5.41) is 12.2. The lowest BCUT2D eigenvalue weighted by molar-refractivity contribution is 0.673. The lowest BCUT2D eigenvalue weighted by atomic mass is 10.00. The highest BCUT2D eigenvalue weighted by Gasteiger charge is 2.20. The van der Waals surface area contributed by atoms with Crippen molar-refractivity contribution in [2.24, 2.45) is 0 Å². The van der Waals surface area contributed by atoms with Crippen LogP contribution in [0.15, 0.2) is 204 Å². The monoisotopic (exact) mass is 832 g/mol. The topological polar surface area (TPSA) is 20.8 Å². The Balaban J connectivity index is 0.000000429. The first-order chi connectivity index (χ1) is 31.5. The van der Waals surface area contributed by atoms with E-state index in [4.69, 9.17) is 4.42 Å². The van der Waals surface area contributed by atoms with Crippen molar-refractivity contribution in [2.45, 2.75) is 61.3 Å². The molecule has 11 aromatic rings. The van der Waals surface area contributed by atoms with Gasteiger partial charge in [-0.25, -0.2) is 0 Å². The minimum absolute atomic E-state index is 0.904. The fourth-order valence-electron chi connectivity index (χ4n) is 9.35. The highest BCUT2D eigenvalue weighted by molar-refractivity contribution is 6.26. The average Bonchev–Trinajstić information content (AvgIpc) is 4.01. The van der Waals surface area contributed by atoms with E-state index < -0.39 is 0 Å². The van der Waals surface area contributed by atoms with Gasteiger partial charge in [-0.05, 0) is 128 Å². The number of nitrogens with zero attached hydrogens (tertiary/aromatic N) is 2. The van der Waals surface area contributed by atoms with Gasteiger partial charge < -0.3 is 13.7 Å². The molecule has 3 aromatic heterocycles. The zero-order valence-electron chi connectivity index (χ0n) is 38.1. The van der Waals surface area contributed by atoms with E-state index in [1.54, 1.807) is 0 Å². The number of para-hydroxylation sites is 2. The molecule has 3 nitrogen and oxygen atoms in total. The smallest absolute Gasteiger partial charge is 0.143 e. The van der Waals surface area contributed by atoms with Crippen LogP contribution in [0.4, 0.5) is 11.4 Å². The summed E-state index contributed by atoms with van der Waals surface area (Å²) in [6.45, 7) is 14.2. The number of rotatable bonds is 5. The van der Waals surface area contributed by atoms with Gasteiger partial charge in [0.2, 0.25) is 0 Å². The third-order valence-corrected chi connectivity index (χ3v) is 12.1. The summed E-state index contributed by atoms with van der Waals surface area (Å²) < 4.78 is 9.28. The van der Waals surface area contributed by atoms with Gasteiger partial charge in [-0.15, -0.1) is 0 Å². The Morgan fingerprint density at radius 1 is 0.562 bits per heavy atom. The van der Waals surface area contributed by atoms with Gasteiger partial charge in [-0.3, -0.25) is 0 Å². The summed E-state index contributed by atoms with van der Waals surface area (Å²) in [5.41, 5.74) is 12.9. The van der Waals surface area contributed by atoms with Crippen molar-refractivity contribution in [1.82, 2.24) is 4.40 Å². The predicted molar refractivity (Wildman–Crippen MR) is 281 cm³/mol. The second kappa shape index (κ2) is 18.2. The van der Waals surface area contributed by atoms with Gasteiger partial charge in [0, 0.05) is 54.8 Å². The van der Waals surface area contributed by atoms with E-state index in [9.17, 15) is 0 Å². The largest absolute Gasteiger partial charge is 0.455 e. The maximum absolute atomic E-state index is 6.84. The molecule has 8 aromatic carbocycles. The molecule has 0 saturated heterocycles. The average molecular weight is 833 g/mol. The second-order valence-electron chi connectivity index (χ2n) is 16.2. The number of hydrogen-bond donors (Lipinski definition) is 0. The summed E-state index contributed by atoms with van der Waals surface area (Å²) in [5.74, 6) is 0.